The summed E-state index contributed by atoms with van der Waals surface area (Å²) in [7, 11) is -4.48. The zero-order valence-corrected chi connectivity index (χ0v) is 25.6. The lowest BCUT2D eigenvalue weighted by Gasteiger charge is -2.26. The Morgan fingerprint density at radius 2 is 1.67 bits per heavy atom. The molecule has 8 nitrogen and oxygen atoms in total. The van der Waals surface area contributed by atoms with Crippen LogP contribution in [0.15, 0.2) is 23.1 Å². The van der Waals surface area contributed by atoms with Gasteiger partial charge in [0.2, 0.25) is 10.0 Å². The van der Waals surface area contributed by atoms with Gasteiger partial charge in [0.25, 0.3) is 5.91 Å². The molecule has 232 valence electrons. The fourth-order valence-corrected chi connectivity index (χ4v) is 8.41. The molecule has 0 saturated heterocycles. The van der Waals surface area contributed by atoms with Gasteiger partial charge in [0.1, 0.15) is 0 Å². The number of nitrogens with one attached hydrogen (secondary N) is 2. The predicted octanol–water partition coefficient (Wildman–Crippen LogP) is 6.40. The second kappa shape index (κ2) is 12.6. The number of hydrogen-bond donors (Lipinski definition) is 3. The number of sulfonamides is 1. The van der Waals surface area contributed by atoms with Crippen LogP contribution < -0.4 is 10.0 Å². The van der Waals surface area contributed by atoms with E-state index in [1.807, 2.05) is 0 Å². The van der Waals surface area contributed by atoms with Gasteiger partial charge in [0.15, 0.2) is 5.01 Å². The maximum absolute atomic E-state index is 14.2. The van der Waals surface area contributed by atoms with Crippen LogP contribution in [-0.4, -0.2) is 42.0 Å². The van der Waals surface area contributed by atoms with Gasteiger partial charge in [-0.25, -0.2) is 18.1 Å². The van der Waals surface area contributed by atoms with Gasteiger partial charge in [-0.15, -0.1) is 11.3 Å². The van der Waals surface area contributed by atoms with E-state index < -0.39 is 50.0 Å². The Morgan fingerprint density at radius 3 is 2.24 bits per heavy atom. The van der Waals surface area contributed by atoms with Crippen LogP contribution in [0, 0.1) is 11.8 Å². The molecule has 0 atom stereocenters. The zero-order valence-electron chi connectivity index (χ0n) is 24.0. The number of rotatable bonds is 8. The van der Waals surface area contributed by atoms with Crippen LogP contribution in [0.2, 0.25) is 0 Å². The van der Waals surface area contributed by atoms with Crippen LogP contribution in [0.25, 0.3) is 10.4 Å². The highest BCUT2D eigenvalue weighted by Gasteiger charge is 2.39. The molecule has 1 aromatic carbocycles. The molecule has 13 heteroatoms. The van der Waals surface area contributed by atoms with Crippen molar-refractivity contribution in [1.29, 1.82) is 0 Å². The summed E-state index contributed by atoms with van der Waals surface area (Å²) in [5.41, 5.74) is -1.58. The third-order valence-electron chi connectivity index (χ3n) is 7.79. The van der Waals surface area contributed by atoms with E-state index in [1.54, 1.807) is 20.8 Å². The molecule has 2 fully saturated rings. The maximum Gasteiger partial charge on any atom is 0.417 e. The Labute approximate surface area is 248 Å². The van der Waals surface area contributed by atoms with E-state index in [1.165, 1.54) is 6.07 Å². The smallest absolute Gasteiger partial charge is 0.417 e. The normalized spacial score (nSPS) is 20.8. The molecular formula is C29H38F3N3O5S2. The summed E-state index contributed by atoms with van der Waals surface area (Å²) in [5.74, 6) is -1.43. The van der Waals surface area contributed by atoms with E-state index in [0.717, 1.165) is 55.6 Å². The van der Waals surface area contributed by atoms with Crippen molar-refractivity contribution in [2.24, 2.45) is 11.8 Å². The third-order valence-corrected chi connectivity index (χ3v) is 10.7. The summed E-state index contributed by atoms with van der Waals surface area (Å²) in [6, 6.07) is 2.94. The summed E-state index contributed by atoms with van der Waals surface area (Å²) < 4.78 is 70.9. The summed E-state index contributed by atoms with van der Waals surface area (Å²) >= 11 is 0.996. The van der Waals surface area contributed by atoms with Crippen LogP contribution >= 0.6 is 11.3 Å². The van der Waals surface area contributed by atoms with Crippen LogP contribution in [0.5, 0.6) is 0 Å². The van der Waals surface area contributed by atoms with Crippen molar-refractivity contribution in [3.63, 3.8) is 0 Å². The lowest BCUT2D eigenvalue weighted by atomic mass is 9.85. The molecule has 2 aliphatic carbocycles. The SMILES string of the molecule is CC(C)(C)NS(=O)(=O)c1ccc(-c2sc(C(=O)N[C@H]3CC[C@H](C(=O)O)CC3)nc2CC2CCCCC2)cc1C(F)(F)F. The van der Waals surface area contributed by atoms with Crippen molar-refractivity contribution in [2.45, 2.75) is 108 Å². The van der Waals surface area contributed by atoms with Crippen LogP contribution in [0.3, 0.4) is 0 Å². The number of carboxylic acids is 1. The first-order valence-electron chi connectivity index (χ1n) is 14.3. The van der Waals surface area contributed by atoms with Gasteiger partial charge in [0, 0.05) is 11.6 Å². The number of aliphatic carboxylic acids is 1. The number of carbonyl (C=O) groups excluding carboxylic acids is 1. The minimum absolute atomic E-state index is 0.121. The molecule has 2 aliphatic rings. The van der Waals surface area contributed by atoms with Crippen molar-refractivity contribution in [3.05, 3.63) is 34.5 Å². The average Bonchev–Trinajstić information content (AvgIpc) is 3.31. The first kappa shape index (κ1) is 32.4. The van der Waals surface area contributed by atoms with Gasteiger partial charge >= 0.3 is 12.1 Å². The van der Waals surface area contributed by atoms with Crippen molar-refractivity contribution in [2.75, 3.05) is 0 Å². The van der Waals surface area contributed by atoms with E-state index in [-0.39, 0.29) is 16.6 Å². The summed E-state index contributed by atoms with van der Waals surface area (Å²) in [4.78, 5) is 28.6. The molecule has 0 aliphatic heterocycles. The fourth-order valence-electron chi connectivity index (χ4n) is 5.79. The van der Waals surface area contributed by atoms with E-state index in [0.29, 0.717) is 48.6 Å². The number of carboxylic acid groups (broad SMARTS) is 1. The summed E-state index contributed by atoms with van der Waals surface area (Å²) in [6.07, 6.45) is 2.69. The second-order valence-electron chi connectivity index (χ2n) is 12.4. The molecule has 42 heavy (non-hydrogen) atoms. The number of alkyl halides is 3. The predicted molar refractivity (Wildman–Crippen MR) is 154 cm³/mol. The monoisotopic (exact) mass is 629 g/mol. The van der Waals surface area contributed by atoms with Gasteiger partial charge in [-0.05, 0) is 76.5 Å². The maximum atomic E-state index is 14.2. The number of thiazole rings is 1. The minimum atomic E-state index is -4.94. The quantitative estimate of drug-likeness (QED) is 0.310. The average molecular weight is 630 g/mol. The van der Waals surface area contributed by atoms with Crippen LogP contribution in [0.4, 0.5) is 13.2 Å². The summed E-state index contributed by atoms with van der Waals surface area (Å²) in [5, 5.41) is 12.3. The van der Waals surface area contributed by atoms with Crippen molar-refractivity contribution in [3.8, 4) is 10.4 Å². The topological polar surface area (TPSA) is 125 Å². The molecule has 3 N–H and O–H groups in total. The Balaban J connectivity index is 1.69. The molecule has 0 spiro atoms. The highest BCUT2D eigenvalue weighted by molar-refractivity contribution is 7.89. The van der Waals surface area contributed by atoms with Gasteiger partial charge in [-0.2, -0.15) is 13.2 Å². The number of hydrogen-bond acceptors (Lipinski definition) is 6. The lowest BCUT2D eigenvalue weighted by Crippen LogP contribution is -2.41. The van der Waals surface area contributed by atoms with E-state index >= 15 is 0 Å². The van der Waals surface area contributed by atoms with Crippen LogP contribution in [-0.2, 0) is 27.4 Å². The van der Waals surface area contributed by atoms with Crippen molar-refractivity contribution in [1.82, 2.24) is 15.0 Å². The minimum Gasteiger partial charge on any atom is -0.481 e. The Bertz CT molecular complexity index is 1400. The van der Waals surface area contributed by atoms with Gasteiger partial charge < -0.3 is 10.4 Å². The Kier molecular flexibility index (Phi) is 9.73. The number of amides is 1. The second-order valence-corrected chi connectivity index (χ2v) is 15.1. The highest BCUT2D eigenvalue weighted by atomic mass is 32.2. The lowest BCUT2D eigenvalue weighted by molar-refractivity contribution is -0.143. The molecule has 0 unspecified atom stereocenters. The molecule has 0 bridgehead atoms. The Hall–Kier alpha value is -2.51. The number of carbonyl (C=O) groups is 2. The fraction of sp³-hybridized carbons (Fsp3) is 0.621. The highest BCUT2D eigenvalue weighted by Crippen LogP contribution is 2.41. The zero-order chi connectivity index (χ0) is 30.9. The first-order valence-corrected chi connectivity index (χ1v) is 16.6. The molecule has 0 radical (unpaired) electrons. The molecule has 4 rings (SSSR count). The molecule has 1 amide bonds. The first-order chi connectivity index (χ1) is 19.5. The van der Waals surface area contributed by atoms with Gasteiger partial charge in [-0.1, -0.05) is 38.2 Å². The number of nitrogens with zero attached hydrogens (tertiary/aromatic N) is 1. The number of halogens is 3. The van der Waals surface area contributed by atoms with Gasteiger partial charge in [0.05, 0.1) is 26.9 Å². The van der Waals surface area contributed by atoms with E-state index in [9.17, 15) is 36.3 Å². The standard InChI is InChI=1S/C29H38F3N3O5S2/c1-28(2,3)35-42(39,40)23-14-11-19(16-21(23)29(30,31)32)24-22(15-17-7-5-4-6-8-17)34-26(41-24)25(36)33-20-12-9-18(10-13-20)27(37)38/h11,14,16-18,20,35H,4-10,12-13,15H2,1-3H3,(H,33,36)(H,37,38)/t18-,20-. The Morgan fingerprint density at radius 1 is 1.02 bits per heavy atom. The van der Waals surface area contributed by atoms with Crippen molar-refractivity contribution < 1.29 is 36.3 Å². The molecule has 2 aromatic rings. The molecule has 1 heterocycles. The molecule has 1 aromatic heterocycles. The number of benzene rings is 1. The number of aromatic nitrogens is 1. The van der Waals surface area contributed by atoms with E-state index in [4.69, 9.17) is 0 Å². The van der Waals surface area contributed by atoms with E-state index in [2.05, 4.69) is 15.0 Å². The summed E-state index contributed by atoms with van der Waals surface area (Å²) in [6.45, 7) is 4.64. The largest absolute Gasteiger partial charge is 0.481 e. The molecule has 2 saturated carbocycles. The van der Waals surface area contributed by atoms with Crippen LogP contribution in [0.1, 0.15) is 99.6 Å². The molecular weight excluding hydrogens is 591 g/mol. The van der Waals surface area contributed by atoms with Crippen molar-refractivity contribution >= 4 is 33.2 Å². The van der Waals surface area contributed by atoms with Gasteiger partial charge in [-0.3, -0.25) is 9.59 Å². The third kappa shape index (κ3) is 8.10.